The Balaban J connectivity index is 0.883. The molecule has 1 aliphatic heterocycles. The molecule has 0 amide bonds. The van der Waals surface area contributed by atoms with E-state index in [1.165, 1.54) is 5.56 Å². The molecule has 2 spiro atoms. The smallest absolute Gasteiger partial charge is 0.0898 e. The average Bonchev–Trinajstić information content (AvgIpc) is 1.38. The molecule has 0 radical (unpaired) electrons. The van der Waals surface area contributed by atoms with E-state index in [0.29, 0.717) is 0 Å². The lowest BCUT2D eigenvalue weighted by atomic mass is 9.47. The minimum absolute atomic E-state index is 0.0800. The number of benzene rings is 19. The minimum Gasteiger partial charge on any atom is -0.297 e. The fraction of sp³-hybridized carbons (Fsp3) is 0.0617. The first-order valence-corrected chi connectivity index (χ1v) is 30.7. The number of likely N-dealkylation sites (N-methyl/N-ethyl adjacent to an activating group) is 1. The maximum atomic E-state index is 4.68. The van der Waals surface area contributed by atoms with Gasteiger partial charge in [0.05, 0.1) is 22.2 Å². The molecule has 31 aromatic rings. The number of aromatic nitrogens is 2. The van der Waals surface area contributed by atoms with Crippen LogP contribution >= 0.6 is 0 Å². The molecule has 3 nitrogen and oxygen atoms in total. The SMILES string of the molecule is CN1CC23c4c5c6c7c8c9c(c%10c%11c2c2c4c4c%12c5c5c6c6c8c8c%13c9c9c%10c%10c%11c%11c2c2c4c4c%12c%12c5c5c6c8c6c8c%13c9c9c%10c%10c%11c2c2c4c4c%12c5c6c5c8c9c%10c2c45)C73C1c1ccc(C#Cc2ccnc(-c3ccccn3)c2)cc1. The van der Waals surface area contributed by atoms with E-state index in [4.69, 9.17) is 0 Å². The van der Waals surface area contributed by atoms with Crippen LogP contribution in [0.15, 0.2) is 67.0 Å². The highest BCUT2D eigenvalue weighted by Crippen LogP contribution is 2.87. The highest BCUT2D eigenvalue weighted by atomic mass is 15.2. The van der Waals surface area contributed by atoms with Crippen LogP contribution in [0.2, 0.25) is 0 Å². The molecule has 1 unspecified atom stereocenters. The highest BCUT2D eigenvalue weighted by molar-refractivity contribution is 6.82. The summed E-state index contributed by atoms with van der Waals surface area (Å²) in [5.41, 5.74) is 11.4. The van der Waals surface area contributed by atoms with E-state index in [2.05, 4.69) is 64.1 Å². The average molecular weight is 1030 g/mol. The molecule has 1 fully saturated rings. The summed E-state index contributed by atoms with van der Waals surface area (Å²) in [5, 5.41) is 89.3. The normalized spacial score (nSPS) is 21.7. The molecular formula is C81H17N3. The Morgan fingerprint density at radius 3 is 0.929 bits per heavy atom. The summed E-state index contributed by atoms with van der Waals surface area (Å²) in [6.45, 7) is 0.996. The molecule has 2 aromatic heterocycles. The van der Waals surface area contributed by atoms with E-state index >= 15 is 0 Å². The van der Waals surface area contributed by atoms with Crippen LogP contribution in [0.3, 0.4) is 0 Å². The predicted octanol–water partition coefficient (Wildman–Crippen LogP) is 19.8. The van der Waals surface area contributed by atoms with Crippen LogP contribution in [0.5, 0.6) is 0 Å². The van der Waals surface area contributed by atoms with E-state index in [-0.39, 0.29) is 16.9 Å². The summed E-state index contributed by atoms with van der Waals surface area (Å²) < 4.78 is 0. The molecule has 5 aliphatic rings. The molecule has 0 bridgehead atoms. The van der Waals surface area contributed by atoms with Gasteiger partial charge in [0.1, 0.15) is 0 Å². The van der Waals surface area contributed by atoms with Crippen molar-refractivity contribution in [2.75, 3.05) is 13.6 Å². The van der Waals surface area contributed by atoms with Crippen molar-refractivity contribution in [2.24, 2.45) is 0 Å². The van der Waals surface area contributed by atoms with Gasteiger partial charge in [-0.15, -0.1) is 0 Å². The first kappa shape index (κ1) is 33.4. The third-order valence-electron chi connectivity index (χ3n) is 28.2. The second-order valence-electron chi connectivity index (χ2n) is 29.3. The van der Waals surface area contributed by atoms with Crippen molar-refractivity contribution in [3.63, 3.8) is 0 Å². The quantitative estimate of drug-likeness (QED) is 0.128. The molecule has 356 valence electrons. The Morgan fingerprint density at radius 2 is 0.607 bits per heavy atom. The van der Waals surface area contributed by atoms with Crippen LogP contribution in [0.4, 0.5) is 0 Å². The van der Waals surface area contributed by atoms with Crippen LogP contribution in [0.1, 0.15) is 45.0 Å². The molecule has 29 aromatic carbocycles. The summed E-state index contributed by atoms with van der Waals surface area (Å²) >= 11 is 0. The van der Waals surface area contributed by atoms with Gasteiger partial charge in [-0.1, -0.05) is 30.0 Å². The van der Waals surface area contributed by atoms with Gasteiger partial charge in [-0.3, -0.25) is 14.9 Å². The molecule has 84 heavy (non-hydrogen) atoms. The molecule has 1 saturated heterocycles. The van der Waals surface area contributed by atoms with Crippen LogP contribution in [-0.2, 0) is 10.8 Å². The van der Waals surface area contributed by atoms with Gasteiger partial charge in [-0.25, -0.2) is 0 Å². The van der Waals surface area contributed by atoms with Crippen molar-refractivity contribution in [3.8, 4) is 23.2 Å². The second kappa shape index (κ2) is 8.21. The van der Waals surface area contributed by atoms with Gasteiger partial charge in [-0.05, 0) is 362 Å². The van der Waals surface area contributed by atoms with Gasteiger partial charge >= 0.3 is 0 Å². The van der Waals surface area contributed by atoms with E-state index in [1.807, 2.05) is 36.7 Å². The second-order valence-corrected chi connectivity index (χ2v) is 29.3. The van der Waals surface area contributed by atoms with Crippen molar-refractivity contribution < 1.29 is 0 Å². The Labute approximate surface area is 462 Å². The van der Waals surface area contributed by atoms with Crippen molar-refractivity contribution in [1.82, 2.24) is 14.9 Å². The number of likely N-dealkylation sites (tertiary alicyclic amines) is 1. The molecule has 0 saturated carbocycles. The maximum Gasteiger partial charge on any atom is 0.0898 e. The standard InChI is InChI=1S/C81H17N3/c1-84-15-80-75-67-59-49-39-31-23-21-22-25-29-27(23)35-43-37(29)47-41-33(25)34-26(22)30-28-24(21)32(31)40-46-36(28)44-38(30)48-42(34)52-51(41)63-57(47)65-55(43)61(53(59)45(35)39)69(75)71(65)77-73(63)74-64(52)58(48)66-56(44)62-54(46)60(50(40)49)68(67)76(80)70(62)72(66)78(74)81(77,80)79(84)18-9-7-16(8-10-18)5-6-17-11-13-83-20(14-17)19-4-2-3-12-82-19/h2-4,7-14,79H,15H2,1H3. The summed E-state index contributed by atoms with van der Waals surface area (Å²) in [6, 6.07) is 20.0. The number of nitrogens with zero attached hydrogens (tertiary/aromatic N) is 3. The fourth-order valence-corrected chi connectivity index (χ4v) is 27.6. The van der Waals surface area contributed by atoms with Gasteiger partial charge in [0.25, 0.3) is 0 Å². The van der Waals surface area contributed by atoms with Gasteiger partial charge in [0, 0.05) is 36.1 Å². The largest absolute Gasteiger partial charge is 0.297 e. The lowest BCUT2D eigenvalue weighted by Crippen LogP contribution is -2.51. The van der Waals surface area contributed by atoms with Crippen LogP contribution in [0, 0.1) is 11.8 Å². The minimum atomic E-state index is -0.390. The zero-order valence-corrected chi connectivity index (χ0v) is 43.5. The summed E-state index contributed by atoms with van der Waals surface area (Å²) in [5.74, 6) is 7.21. The molecule has 0 N–H and O–H groups in total. The van der Waals surface area contributed by atoms with Crippen molar-refractivity contribution in [3.05, 3.63) is 106 Å². The number of hydrogen-bond donors (Lipinski definition) is 0. The Kier molecular flexibility index (Phi) is 3.27. The van der Waals surface area contributed by atoms with Crippen molar-refractivity contribution in [1.29, 1.82) is 0 Å². The van der Waals surface area contributed by atoms with Gasteiger partial charge < -0.3 is 0 Å². The first-order valence-electron chi connectivity index (χ1n) is 30.7. The van der Waals surface area contributed by atoms with Gasteiger partial charge in [-0.2, -0.15) is 0 Å². The summed E-state index contributed by atoms with van der Waals surface area (Å²) in [4.78, 5) is 12.2. The predicted molar refractivity (Wildman–Crippen MR) is 349 cm³/mol. The van der Waals surface area contributed by atoms with Crippen molar-refractivity contribution in [2.45, 2.75) is 16.9 Å². The highest BCUT2D eigenvalue weighted by Gasteiger charge is 2.75. The Bertz CT molecular complexity index is 8200. The number of pyridine rings is 2. The topological polar surface area (TPSA) is 29.0 Å². The lowest BCUT2D eigenvalue weighted by molar-refractivity contribution is 0.271. The summed E-state index contributed by atoms with van der Waals surface area (Å²) in [7, 11) is 2.56. The monoisotopic (exact) mass is 1030 g/mol. The van der Waals surface area contributed by atoms with Crippen LogP contribution in [0.25, 0.3) is 302 Å². The number of rotatable bonds is 2. The van der Waals surface area contributed by atoms with Crippen molar-refractivity contribution >= 4 is 291 Å². The van der Waals surface area contributed by atoms with E-state index < -0.39 is 0 Å². The number of hydrogen-bond acceptors (Lipinski definition) is 3. The molecule has 3 heterocycles. The zero-order valence-electron chi connectivity index (χ0n) is 43.5. The molecule has 1 atom stereocenters. The maximum absolute atomic E-state index is 4.68. The third-order valence-corrected chi connectivity index (χ3v) is 28.2. The Morgan fingerprint density at radius 1 is 0.310 bits per heavy atom. The molecule has 4 aliphatic carbocycles. The lowest BCUT2D eigenvalue weighted by Gasteiger charge is -2.52. The molecular weight excluding hydrogens is 1010 g/mol. The van der Waals surface area contributed by atoms with E-state index in [1.54, 1.807) is 313 Å². The third kappa shape index (κ3) is 2.03. The first-order chi connectivity index (χ1) is 41.8. The molecule has 36 rings (SSSR count). The van der Waals surface area contributed by atoms with E-state index in [9.17, 15) is 0 Å². The Hall–Kier alpha value is -10.5. The fourth-order valence-electron chi connectivity index (χ4n) is 27.6. The van der Waals surface area contributed by atoms with E-state index in [0.717, 1.165) is 29.1 Å². The summed E-state index contributed by atoms with van der Waals surface area (Å²) in [6.07, 6.45) is 3.71. The van der Waals surface area contributed by atoms with Gasteiger partial charge in [0.2, 0.25) is 0 Å². The van der Waals surface area contributed by atoms with Gasteiger partial charge in [0.15, 0.2) is 0 Å². The molecule has 3 heteroatoms. The van der Waals surface area contributed by atoms with Crippen LogP contribution in [-0.4, -0.2) is 28.5 Å². The zero-order chi connectivity index (χ0) is 50.8. The van der Waals surface area contributed by atoms with Crippen LogP contribution < -0.4 is 0 Å².